The summed E-state index contributed by atoms with van der Waals surface area (Å²) < 4.78 is 1.54. The monoisotopic (exact) mass is 244 g/mol. The summed E-state index contributed by atoms with van der Waals surface area (Å²) in [7, 11) is 0. The van der Waals surface area contributed by atoms with E-state index >= 15 is 0 Å². The molecule has 84 valence electrons. The minimum Gasteiger partial charge on any atom is -0.265 e. The number of nitrogens with one attached hydrogen (secondary N) is 1. The largest absolute Gasteiger partial charge is 0.348 e. The van der Waals surface area contributed by atoms with Crippen LogP contribution in [0.15, 0.2) is 46.8 Å². The van der Waals surface area contributed by atoms with Crippen molar-refractivity contribution in [2.75, 3.05) is 0 Å². The first-order valence-corrected chi connectivity index (χ1v) is 5.86. The van der Waals surface area contributed by atoms with E-state index in [2.05, 4.69) is 15.2 Å². The highest BCUT2D eigenvalue weighted by atomic mass is 32.1. The maximum Gasteiger partial charge on any atom is 0.348 e. The van der Waals surface area contributed by atoms with E-state index in [4.69, 9.17) is 0 Å². The highest BCUT2D eigenvalue weighted by Crippen LogP contribution is 2.23. The fourth-order valence-corrected chi connectivity index (χ4v) is 2.30. The highest BCUT2D eigenvalue weighted by molar-refractivity contribution is 7.13. The molecule has 5 nitrogen and oxygen atoms in total. The Morgan fingerprint density at radius 1 is 1.24 bits per heavy atom. The van der Waals surface area contributed by atoms with Crippen LogP contribution in [0.1, 0.15) is 0 Å². The van der Waals surface area contributed by atoms with Crippen LogP contribution in [0.25, 0.3) is 16.4 Å². The Bertz CT molecular complexity index is 669. The van der Waals surface area contributed by atoms with Gasteiger partial charge in [0.1, 0.15) is 0 Å². The van der Waals surface area contributed by atoms with Crippen molar-refractivity contribution < 1.29 is 0 Å². The van der Waals surface area contributed by atoms with Gasteiger partial charge in [-0.2, -0.15) is 5.10 Å². The van der Waals surface area contributed by atoms with Crippen LogP contribution in [0.3, 0.4) is 0 Å². The lowest BCUT2D eigenvalue weighted by atomic mass is 10.3. The van der Waals surface area contributed by atoms with Crippen molar-refractivity contribution in [3.8, 4) is 16.4 Å². The van der Waals surface area contributed by atoms with Crippen molar-refractivity contribution in [2.24, 2.45) is 0 Å². The van der Waals surface area contributed by atoms with E-state index in [9.17, 15) is 4.79 Å². The molecule has 0 bridgehead atoms. The number of pyridine rings is 1. The van der Waals surface area contributed by atoms with Gasteiger partial charge in [0.05, 0.1) is 10.6 Å². The fourth-order valence-electron chi connectivity index (χ4n) is 1.60. The summed E-state index contributed by atoms with van der Waals surface area (Å²) in [5.41, 5.74) is 0.502. The van der Waals surface area contributed by atoms with E-state index in [0.29, 0.717) is 5.82 Å². The fraction of sp³-hybridized carbons (Fsp3) is 0. The first kappa shape index (κ1) is 9.98. The molecule has 3 aromatic rings. The third-order valence-corrected chi connectivity index (χ3v) is 3.20. The molecule has 0 aromatic carbocycles. The first-order valence-electron chi connectivity index (χ1n) is 4.98. The minimum atomic E-state index is -0.250. The van der Waals surface area contributed by atoms with Gasteiger partial charge in [-0.15, -0.1) is 11.3 Å². The van der Waals surface area contributed by atoms with Crippen molar-refractivity contribution in [1.82, 2.24) is 19.7 Å². The first-order chi connectivity index (χ1) is 8.36. The molecule has 6 heteroatoms. The standard InChI is InChI=1S/C11H8N4OS/c16-11-14-13-10(9-2-1-7-17-9)15(11)8-3-5-12-6-4-8/h1-7H,(H,14,16). The van der Waals surface area contributed by atoms with E-state index in [1.165, 1.54) is 4.57 Å². The number of hydrogen-bond acceptors (Lipinski definition) is 4. The van der Waals surface area contributed by atoms with Crippen LogP contribution in [0, 0.1) is 0 Å². The Labute approximate surface area is 100 Å². The number of nitrogens with zero attached hydrogens (tertiary/aromatic N) is 3. The van der Waals surface area contributed by atoms with Gasteiger partial charge in [0, 0.05) is 12.4 Å². The molecule has 0 aliphatic carbocycles. The maximum absolute atomic E-state index is 11.8. The summed E-state index contributed by atoms with van der Waals surface area (Å²) in [4.78, 5) is 16.6. The molecule has 0 spiro atoms. The van der Waals surface area contributed by atoms with Gasteiger partial charge in [0.2, 0.25) is 0 Å². The van der Waals surface area contributed by atoms with E-state index < -0.39 is 0 Å². The zero-order valence-corrected chi connectivity index (χ0v) is 9.52. The number of aromatic amines is 1. The average molecular weight is 244 g/mol. The Balaban J connectivity index is 2.24. The van der Waals surface area contributed by atoms with Crippen LogP contribution in [0.5, 0.6) is 0 Å². The van der Waals surface area contributed by atoms with Crippen LogP contribution >= 0.6 is 11.3 Å². The van der Waals surface area contributed by atoms with Crippen molar-refractivity contribution in [1.29, 1.82) is 0 Å². The molecule has 0 aliphatic heterocycles. The summed E-state index contributed by atoms with van der Waals surface area (Å²) >= 11 is 1.54. The summed E-state index contributed by atoms with van der Waals surface area (Å²) in [6, 6.07) is 7.40. The third-order valence-electron chi connectivity index (χ3n) is 2.33. The quantitative estimate of drug-likeness (QED) is 0.746. The molecule has 3 heterocycles. The van der Waals surface area contributed by atoms with Crippen molar-refractivity contribution >= 4 is 11.3 Å². The summed E-state index contributed by atoms with van der Waals surface area (Å²) in [6.45, 7) is 0. The van der Waals surface area contributed by atoms with E-state index in [1.54, 1.807) is 35.9 Å². The number of aromatic nitrogens is 4. The van der Waals surface area contributed by atoms with Crippen LogP contribution in [-0.4, -0.2) is 19.7 Å². The Kier molecular flexibility index (Phi) is 2.34. The van der Waals surface area contributed by atoms with Crippen molar-refractivity contribution in [3.63, 3.8) is 0 Å². The third kappa shape index (κ3) is 1.68. The molecule has 17 heavy (non-hydrogen) atoms. The van der Waals surface area contributed by atoms with Gasteiger partial charge in [-0.1, -0.05) is 6.07 Å². The van der Waals surface area contributed by atoms with Gasteiger partial charge in [-0.25, -0.2) is 14.5 Å². The lowest BCUT2D eigenvalue weighted by Gasteiger charge is -2.02. The number of H-pyrrole nitrogens is 1. The van der Waals surface area contributed by atoms with Crippen molar-refractivity contribution in [3.05, 3.63) is 52.5 Å². The molecule has 3 aromatic heterocycles. The molecular formula is C11H8N4OS. The molecular weight excluding hydrogens is 236 g/mol. The molecule has 0 unspecified atom stereocenters. The number of rotatable bonds is 2. The molecule has 0 aliphatic rings. The summed E-state index contributed by atoms with van der Waals surface area (Å²) in [5.74, 6) is 0.621. The normalized spacial score (nSPS) is 10.6. The van der Waals surface area contributed by atoms with Crippen LogP contribution < -0.4 is 5.69 Å². The highest BCUT2D eigenvalue weighted by Gasteiger charge is 2.12. The molecule has 0 fully saturated rings. The second kappa shape index (κ2) is 3.99. The van der Waals surface area contributed by atoms with Crippen LogP contribution in [-0.2, 0) is 0 Å². The van der Waals surface area contributed by atoms with Gasteiger partial charge in [0.15, 0.2) is 5.82 Å². The molecule has 0 amide bonds. The predicted molar refractivity (Wildman–Crippen MR) is 65.3 cm³/mol. The van der Waals surface area contributed by atoms with Gasteiger partial charge in [0.25, 0.3) is 0 Å². The van der Waals surface area contributed by atoms with Crippen LogP contribution in [0.2, 0.25) is 0 Å². The van der Waals surface area contributed by atoms with Gasteiger partial charge < -0.3 is 0 Å². The average Bonchev–Trinajstić information content (AvgIpc) is 2.98. The van der Waals surface area contributed by atoms with Crippen LogP contribution in [0.4, 0.5) is 0 Å². The lowest BCUT2D eigenvalue weighted by molar-refractivity contribution is 0.982. The Morgan fingerprint density at radius 3 is 2.76 bits per heavy atom. The maximum atomic E-state index is 11.8. The zero-order valence-electron chi connectivity index (χ0n) is 8.70. The minimum absolute atomic E-state index is 0.250. The van der Waals surface area contributed by atoms with Gasteiger partial charge in [-0.3, -0.25) is 4.98 Å². The summed E-state index contributed by atoms with van der Waals surface area (Å²) in [5, 5.41) is 8.47. The SMILES string of the molecule is O=c1[nH]nc(-c2cccs2)n1-c1ccncc1. The second-order valence-corrected chi connectivity index (χ2v) is 4.32. The van der Waals surface area contributed by atoms with E-state index in [-0.39, 0.29) is 5.69 Å². The predicted octanol–water partition coefficient (Wildman–Crippen LogP) is 1.68. The van der Waals surface area contributed by atoms with E-state index in [0.717, 1.165) is 10.6 Å². The molecule has 0 atom stereocenters. The molecule has 0 saturated heterocycles. The topological polar surface area (TPSA) is 63.6 Å². The Morgan fingerprint density at radius 2 is 2.06 bits per heavy atom. The summed E-state index contributed by atoms with van der Waals surface area (Å²) in [6.07, 6.45) is 3.29. The molecule has 0 radical (unpaired) electrons. The zero-order chi connectivity index (χ0) is 11.7. The Hall–Kier alpha value is -2.21. The molecule has 3 rings (SSSR count). The molecule has 1 N–H and O–H groups in total. The number of thiophene rings is 1. The lowest BCUT2D eigenvalue weighted by Crippen LogP contribution is -2.15. The van der Waals surface area contributed by atoms with Gasteiger partial charge >= 0.3 is 5.69 Å². The van der Waals surface area contributed by atoms with Gasteiger partial charge in [-0.05, 0) is 23.6 Å². The molecule has 0 saturated carbocycles. The second-order valence-electron chi connectivity index (χ2n) is 3.37. The number of hydrogen-bond donors (Lipinski definition) is 1. The smallest absolute Gasteiger partial charge is 0.265 e. The van der Waals surface area contributed by atoms with E-state index in [1.807, 2.05) is 17.5 Å². The van der Waals surface area contributed by atoms with Crippen molar-refractivity contribution in [2.45, 2.75) is 0 Å².